The average molecular weight is 572 g/mol. The first kappa shape index (κ1) is 33.7. The van der Waals surface area contributed by atoms with Crippen LogP contribution in [0.1, 0.15) is 104 Å². The number of aliphatic imine (C=N–C) groups is 2. The zero-order chi connectivity index (χ0) is 28.4. The van der Waals surface area contributed by atoms with E-state index in [1.807, 2.05) is 0 Å². The number of aromatic nitrogens is 1. The molecule has 0 bridgehead atoms. The molecule has 0 fully saturated rings. The van der Waals surface area contributed by atoms with Crippen molar-refractivity contribution in [1.82, 2.24) is 4.98 Å². The predicted molar refractivity (Wildman–Crippen MR) is 159 cm³/mol. The van der Waals surface area contributed by atoms with Crippen molar-refractivity contribution >= 4 is 29.4 Å². The van der Waals surface area contributed by atoms with Gasteiger partial charge in [0.1, 0.15) is 17.7 Å². The number of hydrogen-bond acceptors (Lipinski definition) is 4. The molecule has 1 aromatic rings. The Bertz CT molecular complexity index is 1300. The summed E-state index contributed by atoms with van der Waals surface area (Å²) in [6.07, 6.45) is 10.5. The van der Waals surface area contributed by atoms with Gasteiger partial charge in [0.2, 0.25) is 0 Å². The Kier molecular flexibility index (Phi) is 13.7. The largest absolute Gasteiger partial charge is 2.00 e. The van der Waals surface area contributed by atoms with E-state index in [-0.39, 0.29) is 19.5 Å². The molecule has 6 nitrogen and oxygen atoms in total. The predicted octanol–water partition coefficient (Wildman–Crippen LogP) is 7.83. The van der Waals surface area contributed by atoms with Crippen molar-refractivity contribution in [1.29, 1.82) is 10.5 Å². The van der Waals surface area contributed by atoms with Gasteiger partial charge < -0.3 is 10.4 Å². The smallest absolute Gasteiger partial charge is 0.762 e. The Morgan fingerprint density at radius 3 is 1.28 bits per heavy atom. The summed E-state index contributed by atoms with van der Waals surface area (Å²) in [4.78, 5) is 14.9. The average Bonchev–Trinajstić information content (AvgIpc) is 3.53. The van der Waals surface area contributed by atoms with Crippen molar-refractivity contribution < 1.29 is 19.5 Å². The maximum Gasteiger partial charge on any atom is 2.00 e. The third-order valence-corrected chi connectivity index (χ3v) is 7.02. The van der Waals surface area contributed by atoms with Crippen molar-refractivity contribution in [2.45, 2.75) is 93.9 Å². The third-order valence-electron chi connectivity index (χ3n) is 7.02. The first-order valence-electron chi connectivity index (χ1n) is 13.5. The molecule has 2 aliphatic rings. The summed E-state index contributed by atoms with van der Waals surface area (Å²) in [5.74, 6) is 1.40. The summed E-state index contributed by atoms with van der Waals surface area (Å²) in [5, 5.41) is 23.4. The fourth-order valence-corrected chi connectivity index (χ4v) is 5.28. The van der Waals surface area contributed by atoms with Crippen LogP contribution in [-0.2, 0) is 32.3 Å². The molecule has 0 spiro atoms. The summed E-state index contributed by atoms with van der Waals surface area (Å²) in [7, 11) is 0. The molecule has 0 amide bonds. The summed E-state index contributed by atoms with van der Waals surface area (Å²) in [5.41, 5.74) is 14.5. The second-order valence-electron chi connectivity index (χ2n) is 9.04. The molecule has 0 radical (unpaired) electrons. The molecule has 0 unspecified atom stereocenters. The monoisotopic (exact) mass is 570 g/mol. The molecule has 0 saturated carbocycles. The van der Waals surface area contributed by atoms with Crippen LogP contribution < -0.4 is 4.98 Å². The second kappa shape index (κ2) is 15.9. The Labute approximate surface area is 247 Å². The van der Waals surface area contributed by atoms with Crippen LogP contribution in [0.25, 0.3) is 17.6 Å². The molecule has 0 N–H and O–H groups in total. The zero-order valence-electron chi connectivity index (χ0n) is 24.8. The van der Waals surface area contributed by atoms with Crippen molar-refractivity contribution in [3.8, 4) is 12.1 Å². The van der Waals surface area contributed by atoms with Gasteiger partial charge in [0.25, 0.3) is 0 Å². The molecule has 0 aliphatic carbocycles. The van der Waals surface area contributed by atoms with Crippen molar-refractivity contribution in [2.24, 2.45) is 9.98 Å². The van der Waals surface area contributed by atoms with Gasteiger partial charge in [0, 0.05) is 11.4 Å². The van der Waals surface area contributed by atoms with Crippen molar-refractivity contribution in [3.63, 3.8) is 0 Å². The summed E-state index contributed by atoms with van der Waals surface area (Å²) >= 11 is 0. The second-order valence-corrected chi connectivity index (χ2v) is 9.04. The molecule has 0 atom stereocenters. The van der Waals surface area contributed by atoms with E-state index in [1.54, 1.807) is 0 Å². The number of nitrogens with zero attached hydrogens (tertiary/aromatic N) is 6. The molecule has 0 saturated heterocycles. The molecule has 0 aromatic carbocycles. The maximum absolute atomic E-state index is 7.79. The summed E-state index contributed by atoms with van der Waals surface area (Å²) in [6.45, 7) is 17.6. The molecular weight excluding hydrogens is 534 g/mol. The van der Waals surface area contributed by atoms with Crippen LogP contribution in [0.2, 0.25) is 0 Å². The van der Waals surface area contributed by atoms with E-state index in [0.717, 1.165) is 72.7 Å². The van der Waals surface area contributed by atoms with E-state index in [2.05, 4.69) is 67.5 Å². The number of hydrogen-bond donors (Lipinski definition) is 0. The first-order valence-corrected chi connectivity index (χ1v) is 13.5. The fourth-order valence-electron chi connectivity index (χ4n) is 5.28. The van der Waals surface area contributed by atoms with Gasteiger partial charge in [-0.15, -0.1) is 11.4 Å². The van der Waals surface area contributed by atoms with Crippen molar-refractivity contribution in [2.75, 3.05) is 0 Å². The van der Waals surface area contributed by atoms with E-state index in [0.29, 0.717) is 0 Å². The minimum atomic E-state index is -0.403. The molecule has 1 aromatic heterocycles. The Morgan fingerprint density at radius 1 is 0.692 bits per heavy atom. The molecule has 3 heterocycles. The topological polar surface area (TPSA) is 109 Å². The fraction of sp³-hybridized carbons (Fsp3) is 0.438. The van der Waals surface area contributed by atoms with Crippen LogP contribution in [-0.4, -0.2) is 17.3 Å². The van der Waals surface area contributed by atoms with Crippen LogP contribution in [0.5, 0.6) is 0 Å². The van der Waals surface area contributed by atoms with Crippen molar-refractivity contribution in [3.05, 3.63) is 67.2 Å². The molecule has 2 aliphatic heterocycles. The van der Waals surface area contributed by atoms with Gasteiger partial charge in [0.15, 0.2) is 0 Å². The van der Waals surface area contributed by atoms with Crippen LogP contribution in [0, 0.1) is 22.7 Å². The van der Waals surface area contributed by atoms with E-state index in [4.69, 9.17) is 30.9 Å². The van der Waals surface area contributed by atoms with Crippen LogP contribution in [0.3, 0.4) is 0 Å². The quantitative estimate of drug-likeness (QED) is 0.180. The molecular formula is C32H38N6Zn. The zero-order valence-corrected chi connectivity index (χ0v) is 27.8. The molecule has 3 rings (SSSR count). The van der Waals surface area contributed by atoms with Gasteiger partial charge >= 0.3 is 19.5 Å². The van der Waals surface area contributed by atoms with E-state index in [9.17, 15) is 0 Å². The first-order chi connectivity index (χ1) is 18.3. The number of nitriles is 2. The van der Waals surface area contributed by atoms with Gasteiger partial charge in [-0.3, -0.25) is 9.98 Å². The van der Waals surface area contributed by atoms with Crippen LogP contribution >= 0.6 is 0 Å². The number of rotatable bonds is 8. The van der Waals surface area contributed by atoms with Crippen LogP contribution in [0.15, 0.2) is 49.2 Å². The molecule has 198 valence electrons. The van der Waals surface area contributed by atoms with Gasteiger partial charge in [-0.25, -0.2) is 5.87 Å². The Morgan fingerprint density at radius 2 is 1.05 bits per heavy atom. The van der Waals surface area contributed by atoms with E-state index < -0.39 is 5.57 Å². The third kappa shape index (κ3) is 7.39. The summed E-state index contributed by atoms with van der Waals surface area (Å²) in [6, 6.07) is 2.79. The van der Waals surface area contributed by atoms with Gasteiger partial charge in [-0.1, -0.05) is 64.8 Å². The molecule has 7 heteroatoms. The van der Waals surface area contributed by atoms with E-state index in [1.165, 1.54) is 51.4 Å². The normalized spacial score (nSPS) is 16.3. The summed E-state index contributed by atoms with van der Waals surface area (Å²) < 4.78 is 0. The Balaban J connectivity index is 0.000000841. The standard InChI is InChI=1S/C28H38N3.C4N3.Zn/c1-9-19-17(7)29-25(21(19)11-3)15-27-23(13-5)24(14-6)28(31-27)16-26-22(12-4)20(10-2)18(8)30-26;5-1-4(2-6)3-7;/h15-16H,9-14H2,1-8H3;;/q2*-1;+2/b25-15-,26-16-;;. The van der Waals surface area contributed by atoms with E-state index >= 15 is 0 Å². The molecule has 39 heavy (non-hydrogen) atoms. The minimum absolute atomic E-state index is 0. The van der Waals surface area contributed by atoms with Crippen LogP contribution in [0.4, 0.5) is 0 Å². The van der Waals surface area contributed by atoms with Gasteiger partial charge in [-0.2, -0.15) is 10.5 Å². The van der Waals surface area contributed by atoms with Gasteiger partial charge in [-0.05, 0) is 74.7 Å². The minimum Gasteiger partial charge on any atom is -0.762 e. The maximum atomic E-state index is 7.79. The Hall–Kier alpha value is -3.37. The number of allylic oxidation sites excluding steroid dienone is 5. The van der Waals surface area contributed by atoms with Gasteiger partial charge in [0.05, 0.1) is 11.4 Å². The SMILES string of the molecule is CCC1=C(CC)/C(=C/c2[n-]c(/C=C3\N=C(C)C(CC)=C3CC)c(CC)c2CC)N=C1C.N#CC(=C=[N-])C#N.[Zn+2].